The first-order chi connectivity index (χ1) is 9.21. The smallest absolute Gasteiger partial charge is 0.392 e. The van der Waals surface area contributed by atoms with Crippen LogP contribution in [-0.4, -0.2) is 32.4 Å². The quantitative estimate of drug-likeness (QED) is 0.579. The van der Waals surface area contributed by atoms with E-state index < -0.39 is 7.12 Å². The van der Waals surface area contributed by atoms with E-state index in [1.165, 1.54) is 0 Å². The van der Waals surface area contributed by atoms with Crippen molar-refractivity contribution in [2.75, 3.05) is 19.0 Å². The van der Waals surface area contributed by atoms with Crippen LogP contribution in [0.5, 0.6) is 0 Å². The minimum absolute atomic E-state index is 0.332. The van der Waals surface area contributed by atoms with Gasteiger partial charge in [-0.3, -0.25) is 0 Å². The van der Waals surface area contributed by atoms with E-state index in [0.717, 1.165) is 11.3 Å². The van der Waals surface area contributed by atoms with E-state index in [4.69, 9.17) is 9.31 Å². The Kier molecular flexibility index (Phi) is 3.86. The summed E-state index contributed by atoms with van der Waals surface area (Å²) in [4.78, 5) is 2.06. The second kappa shape index (κ2) is 5.16. The normalized spacial score (nSPS) is 19.4. The molecule has 0 radical (unpaired) electrons. The Morgan fingerprint density at radius 3 is 1.90 bits per heavy atom. The molecular formula is C16H22BNO2. The third-order valence-corrected chi connectivity index (χ3v) is 3.97. The summed E-state index contributed by atoms with van der Waals surface area (Å²) in [5.41, 5.74) is 1.46. The van der Waals surface area contributed by atoms with Crippen LogP contribution in [0.25, 0.3) is 0 Å². The Morgan fingerprint density at radius 1 is 0.950 bits per heavy atom. The van der Waals surface area contributed by atoms with Crippen LogP contribution in [0.2, 0.25) is 0 Å². The van der Waals surface area contributed by atoms with Crippen LogP contribution < -0.4 is 4.90 Å². The Balaban J connectivity index is 2.09. The summed E-state index contributed by atoms with van der Waals surface area (Å²) >= 11 is 0. The SMILES string of the molecule is CN(C)c1ccc(C#CB2OC(C)(C)C(C)(C)O2)cc1. The van der Waals surface area contributed by atoms with Gasteiger partial charge in [-0.1, -0.05) is 11.7 Å². The fourth-order valence-electron chi connectivity index (χ4n) is 1.89. The number of benzene rings is 1. The maximum Gasteiger partial charge on any atom is 0.551 e. The summed E-state index contributed by atoms with van der Waals surface area (Å²) in [7, 11) is 3.57. The van der Waals surface area contributed by atoms with Crippen molar-refractivity contribution in [3.05, 3.63) is 29.8 Å². The summed E-state index contributed by atoms with van der Waals surface area (Å²) in [5, 5.41) is 0. The Labute approximate surface area is 122 Å². The van der Waals surface area contributed by atoms with E-state index in [1.54, 1.807) is 0 Å². The lowest BCUT2D eigenvalue weighted by molar-refractivity contribution is 0.00578. The average molecular weight is 271 g/mol. The second-order valence-electron chi connectivity index (χ2n) is 6.30. The van der Waals surface area contributed by atoms with E-state index in [0.29, 0.717) is 0 Å². The molecule has 0 saturated carbocycles. The molecule has 1 saturated heterocycles. The third kappa shape index (κ3) is 3.00. The molecule has 2 rings (SSSR count). The second-order valence-corrected chi connectivity index (χ2v) is 6.30. The maximum absolute atomic E-state index is 5.84. The first-order valence-electron chi connectivity index (χ1n) is 6.86. The van der Waals surface area contributed by atoms with Gasteiger partial charge in [0, 0.05) is 25.3 Å². The monoisotopic (exact) mass is 271 g/mol. The number of hydrogen-bond acceptors (Lipinski definition) is 3. The van der Waals surface area contributed by atoms with Crippen LogP contribution in [0.1, 0.15) is 33.3 Å². The van der Waals surface area contributed by atoms with Crippen molar-refractivity contribution in [2.45, 2.75) is 38.9 Å². The van der Waals surface area contributed by atoms with Gasteiger partial charge >= 0.3 is 7.12 Å². The number of rotatable bonds is 1. The van der Waals surface area contributed by atoms with Crippen molar-refractivity contribution in [2.24, 2.45) is 0 Å². The summed E-state index contributed by atoms with van der Waals surface area (Å²) in [6, 6.07) is 8.11. The predicted molar refractivity (Wildman–Crippen MR) is 83.7 cm³/mol. The van der Waals surface area contributed by atoms with Crippen molar-refractivity contribution in [3.8, 4) is 11.7 Å². The van der Waals surface area contributed by atoms with E-state index in [2.05, 4.69) is 16.6 Å². The highest BCUT2D eigenvalue weighted by Gasteiger charge is 2.50. The molecule has 0 bridgehead atoms. The lowest BCUT2D eigenvalue weighted by Crippen LogP contribution is -2.41. The van der Waals surface area contributed by atoms with Crippen molar-refractivity contribution in [1.82, 2.24) is 0 Å². The van der Waals surface area contributed by atoms with Crippen LogP contribution in [-0.2, 0) is 9.31 Å². The summed E-state index contributed by atoms with van der Waals surface area (Å²) in [6.45, 7) is 8.11. The van der Waals surface area contributed by atoms with Gasteiger partial charge in [-0.2, -0.15) is 0 Å². The highest BCUT2D eigenvalue weighted by Crippen LogP contribution is 2.36. The zero-order valence-corrected chi connectivity index (χ0v) is 13.2. The topological polar surface area (TPSA) is 21.7 Å². The standard InChI is InChI=1S/C16H22BNO2/c1-15(2)16(3,4)20-17(19-15)12-11-13-7-9-14(10-8-13)18(5)6/h7-10H,1-6H3. The molecule has 0 unspecified atom stereocenters. The molecular weight excluding hydrogens is 249 g/mol. The summed E-state index contributed by atoms with van der Waals surface area (Å²) in [5.74, 6) is 6.16. The zero-order valence-electron chi connectivity index (χ0n) is 13.2. The molecule has 1 fully saturated rings. The molecule has 1 heterocycles. The van der Waals surface area contributed by atoms with Crippen LogP contribution in [0.4, 0.5) is 5.69 Å². The molecule has 20 heavy (non-hydrogen) atoms. The fourth-order valence-corrected chi connectivity index (χ4v) is 1.89. The molecule has 4 heteroatoms. The van der Waals surface area contributed by atoms with E-state index in [-0.39, 0.29) is 11.2 Å². The van der Waals surface area contributed by atoms with Gasteiger partial charge in [0.15, 0.2) is 0 Å². The Bertz CT molecular complexity index is 522. The van der Waals surface area contributed by atoms with Crippen molar-refractivity contribution < 1.29 is 9.31 Å². The van der Waals surface area contributed by atoms with Gasteiger partial charge in [0.2, 0.25) is 0 Å². The lowest BCUT2D eigenvalue weighted by atomic mass is 9.90. The summed E-state index contributed by atoms with van der Waals surface area (Å²) in [6.07, 6.45) is 0. The van der Waals surface area contributed by atoms with Gasteiger partial charge in [0.25, 0.3) is 0 Å². The highest BCUT2D eigenvalue weighted by atomic mass is 16.7. The molecule has 0 aliphatic carbocycles. The zero-order chi connectivity index (χ0) is 15.0. The number of anilines is 1. The first kappa shape index (κ1) is 15.0. The number of nitrogens with zero attached hydrogens (tertiary/aromatic N) is 1. The third-order valence-electron chi connectivity index (χ3n) is 3.97. The molecule has 1 aromatic carbocycles. The van der Waals surface area contributed by atoms with Gasteiger partial charge in [-0.05, 0) is 52.0 Å². The molecule has 1 aliphatic heterocycles. The maximum atomic E-state index is 5.84. The molecule has 0 aromatic heterocycles. The first-order valence-corrected chi connectivity index (χ1v) is 6.86. The van der Waals surface area contributed by atoms with Crippen LogP contribution in [0, 0.1) is 11.7 Å². The highest BCUT2D eigenvalue weighted by molar-refractivity contribution is 6.55. The van der Waals surface area contributed by atoms with Gasteiger partial charge in [-0.25, -0.2) is 0 Å². The molecule has 3 nitrogen and oxygen atoms in total. The molecule has 0 spiro atoms. The molecule has 106 valence electrons. The molecule has 0 N–H and O–H groups in total. The average Bonchev–Trinajstić information content (AvgIpc) is 2.56. The molecule has 0 amide bonds. The van der Waals surface area contributed by atoms with Crippen LogP contribution >= 0.6 is 0 Å². The Morgan fingerprint density at radius 2 is 1.45 bits per heavy atom. The van der Waals surface area contributed by atoms with E-state index in [9.17, 15) is 0 Å². The lowest BCUT2D eigenvalue weighted by Gasteiger charge is -2.32. The number of hydrogen-bond donors (Lipinski definition) is 0. The van der Waals surface area contributed by atoms with E-state index >= 15 is 0 Å². The molecule has 0 atom stereocenters. The Hall–Kier alpha value is -1.44. The van der Waals surface area contributed by atoms with Gasteiger partial charge < -0.3 is 14.2 Å². The van der Waals surface area contributed by atoms with E-state index in [1.807, 2.05) is 66.1 Å². The van der Waals surface area contributed by atoms with Gasteiger partial charge in [0.05, 0.1) is 11.2 Å². The van der Waals surface area contributed by atoms with Crippen molar-refractivity contribution in [3.63, 3.8) is 0 Å². The van der Waals surface area contributed by atoms with Crippen LogP contribution in [0.3, 0.4) is 0 Å². The minimum atomic E-state index is -0.464. The largest absolute Gasteiger partial charge is 0.551 e. The minimum Gasteiger partial charge on any atom is -0.392 e. The fraction of sp³-hybridized carbons (Fsp3) is 0.500. The van der Waals surface area contributed by atoms with Crippen LogP contribution in [0.15, 0.2) is 24.3 Å². The molecule has 1 aromatic rings. The van der Waals surface area contributed by atoms with Gasteiger partial charge in [0.1, 0.15) is 0 Å². The van der Waals surface area contributed by atoms with Crippen molar-refractivity contribution in [1.29, 1.82) is 0 Å². The van der Waals surface area contributed by atoms with Crippen molar-refractivity contribution >= 4 is 12.8 Å². The van der Waals surface area contributed by atoms with Gasteiger partial charge in [-0.15, -0.1) is 0 Å². The summed E-state index contributed by atoms with van der Waals surface area (Å²) < 4.78 is 11.7. The molecule has 1 aliphatic rings. The predicted octanol–water partition coefficient (Wildman–Crippen LogP) is 2.74.